The van der Waals surface area contributed by atoms with E-state index in [2.05, 4.69) is 57.3 Å². The van der Waals surface area contributed by atoms with Crippen molar-refractivity contribution in [3.63, 3.8) is 0 Å². The number of piperazine rings is 1. The van der Waals surface area contributed by atoms with E-state index >= 15 is 0 Å². The molecule has 2 fully saturated rings. The summed E-state index contributed by atoms with van der Waals surface area (Å²) in [5.41, 5.74) is 1.36. The predicted molar refractivity (Wildman–Crippen MR) is 82.9 cm³/mol. The molecule has 0 unspecified atom stereocenters. The first-order valence-electron chi connectivity index (χ1n) is 7.16. The minimum Gasteiger partial charge on any atom is -0.336 e. The number of hydrogen-bond acceptors (Lipinski definition) is 2. The molecule has 108 valence electrons. The van der Waals surface area contributed by atoms with Crippen molar-refractivity contribution in [2.45, 2.75) is 18.9 Å². The van der Waals surface area contributed by atoms with E-state index in [0.29, 0.717) is 12.0 Å². The largest absolute Gasteiger partial charge is 0.336 e. The molecule has 2 aliphatic heterocycles. The molecule has 0 spiro atoms. The van der Waals surface area contributed by atoms with Gasteiger partial charge in [0.05, 0.1) is 6.04 Å². The number of hydrogen-bond donors (Lipinski definition) is 1. The fraction of sp³-hybridized carbons (Fsp3) is 0.533. The van der Waals surface area contributed by atoms with E-state index in [0.717, 1.165) is 37.2 Å². The maximum absolute atomic E-state index is 11.6. The molecule has 1 aromatic carbocycles. The highest BCUT2D eigenvalue weighted by Gasteiger charge is 2.35. The molecule has 5 heteroatoms. The number of amides is 2. The van der Waals surface area contributed by atoms with Crippen molar-refractivity contribution in [1.82, 2.24) is 15.1 Å². The highest BCUT2D eigenvalue weighted by atomic mass is 79.9. The summed E-state index contributed by atoms with van der Waals surface area (Å²) in [4.78, 5) is 16.0. The summed E-state index contributed by atoms with van der Waals surface area (Å²) in [6.07, 6.45) is 0. The third-order valence-electron chi connectivity index (χ3n) is 4.27. The second-order valence-electron chi connectivity index (χ2n) is 5.75. The van der Waals surface area contributed by atoms with Crippen LogP contribution in [0.4, 0.5) is 4.79 Å². The lowest BCUT2D eigenvalue weighted by atomic mass is 10.00. The highest BCUT2D eigenvalue weighted by Crippen LogP contribution is 2.22. The van der Waals surface area contributed by atoms with Gasteiger partial charge in [0.1, 0.15) is 0 Å². The molecule has 0 aromatic heterocycles. The number of carbonyl (C=O) groups is 1. The van der Waals surface area contributed by atoms with Crippen LogP contribution in [0.15, 0.2) is 28.7 Å². The number of fused-ring (bicyclic) bond motifs is 1. The van der Waals surface area contributed by atoms with Gasteiger partial charge in [0.2, 0.25) is 0 Å². The summed E-state index contributed by atoms with van der Waals surface area (Å²) in [6, 6.07) is 8.99. The molecule has 2 heterocycles. The Morgan fingerprint density at radius 3 is 3.10 bits per heavy atom. The fourth-order valence-electron chi connectivity index (χ4n) is 3.14. The van der Waals surface area contributed by atoms with Crippen molar-refractivity contribution in [2.24, 2.45) is 0 Å². The van der Waals surface area contributed by atoms with E-state index in [9.17, 15) is 4.79 Å². The second-order valence-corrected chi connectivity index (χ2v) is 6.66. The summed E-state index contributed by atoms with van der Waals surface area (Å²) in [5.74, 6) is 0.504. The molecule has 0 saturated carbocycles. The smallest absolute Gasteiger partial charge is 0.317 e. The third-order valence-corrected chi connectivity index (χ3v) is 4.76. The summed E-state index contributed by atoms with van der Waals surface area (Å²) < 4.78 is 1.14. The SMILES string of the molecule is C[C@H](CN1CCN2C(=O)NC[C@@H]2C1)c1cccc(Br)c1. The summed E-state index contributed by atoms with van der Waals surface area (Å²) in [6.45, 7) is 6.92. The molecule has 0 aliphatic carbocycles. The van der Waals surface area contributed by atoms with Gasteiger partial charge in [-0.05, 0) is 23.6 Å². The first-order chi connectivity index (χ1) is 9.63. The van der Waals surface area contributed by atoms with Gasteiger partial charge in [-0.2, -0.15) is 0 Å². The zero-order valence-electron chi connectivity index (χ0n) is 11.7. The Morgan fingerprint density at radius 2 is 2.30 bits per heavy atom. The maximum Gasteiger partial charge on any atom is 0.317 e. The van der Waals surface area contributed by atoms with Crippen LogP contribution in [0.1, 0.15) is 18.4 Å². The van der Waals surface area contributed by atoms with Gasteiger partial charge in [-0.25, -0.2) is 4.79 Å². The molecule has 2 saturated heterocycles. The molecular formula is C15H20BrN3O. The monoisotopic (exact) mass is 337 g/mol. The summed E-state index contributed by atoms with van der Waals surface area (Å²) in [5, 5.41) is 2.93. The van der Waals surface area contributed by atoms with Gasteiger partial charge in [-0.15, -0.1) is 0 Å². The molecule has 4 nitrogen and oxygen atoms in total. The Hall–Kier alpha value is -1.07. The van der Waals surface area contributed by atoms with Crippen molar-refractivity contribution in [1.29, 1.82) is 0 Å². The van der Waals surface area contributed by atoms with Gasteiger partial charge in [-0.1, -0.05) is 35.0 Å². The number of nitrogens with one attached hydrogen (secondary N) is 1. The highest BCUT2D eigenvalue weighted by molar-refractivity contribution is 9.10. The Labute approximate surface area is 128 Å². The standard InChI is InChI=1S/C15H20BrN3O/c1-11(12-3-2-4-13(16)7-12)9-18-5-6-19-14(10-18)8-17-15(19)20/h2-4,7,11,14H,5-6,8-10H2,1H3,(H,17,20)/t11-,14-/m1/s1. The van der Waals surface area contributed by atoms with E-state index in [1.807, 2.05) is 4.90 Å². The molecular weight excluding hydrogens is 318 g/mol. The Balaban J connectivity index is 1.60. The van der Waals surface area contributed by atoms with Crippen molar-refractivity contribution in [3.05, 3.63) is 34.3 Å². The number of nitrogens with zero attached hydrogens (tertiary/aromatic N) is 2. The predicted octanol–water partition coefficient (Wildman–Crippen LogP) is 2.26. The van der Waals surface area contributed by atoms with Crippen LogP contribution in [0.2, 0.25) is 0 Å². The second kappa shape index (κ2) is 5.74. The van der Waals surface area contributed by atoms with Crippen LogP contribution in [0.25, 0.3) is 0 Å². The number of halogens is 1. The van der Waals surface area contributed by atoms with Gasteiger partial charge < -0.3 is 10.2 Å². The van der Waals surface area contributed by atoms with E-state index in [-0.39, 0.29) is 6.03 Å². The lowest BCUT2D eigenvalue weighted by Gasteiger charge is -2.37. The molecule has 2 atom stereocenters. The zero-order valence-corrected chi connectivity index (χ0v) is 13.3. The van der Waals surface area contributed by atoms with E-state index in [1.54, 1.807) is 0 Å². The molecule has 20 heavy (non-hydrogen) atoms. The third kappa shape index (κ3) is 2.83. The number of carbonyl (C=O) groups excluding carboxylic acids is 1. The Morgan fingerprint density at radius 1 is 1.45 bits per heavy atom. The van der Waals surface area contributed by atoms with Crippen LogP contribution in [-0.2, 0) is 0 Å². The van der Waals surface area contributed by atoms with E-state index < -0.39 is 0 Å². The van der Waals surface area contributed by atoms with Crippen LogP contribution >= 0.6 is 15.9 Å². The average molecular weight is 338 g/mol. The Bertz CT molecular complexity index is 508. The molecule has 2 amide bonds. The van der Waals surface area contributed by atoms with Crippen LogP contribution < -0.4 is 5.32 Å². The fourth-order valence-corrected chi connectivity index (χ4v) is 3.56. The molecule has 3 rings (SSSR count). The van der Waals surface area contributed by atoms with Crippen molar-refractivity contribution in [3.8, 4) is 0 Å². The lowest BCUT2D eigenvalue weighted by Crippen LogP contribution is -2.52. The molecule has 2 aliphatic rings. The molecule has 1 aromatic rings. The van der Waals surface area contributed by atoms with Gasteiger partial charge in [0, 0.05) is 37.2 Å². The van der Waals surface area contributed by atoms with E-state index in [1.165, 1.54) is 5.56 Å². The van der Waals surface area contributed by atoms with Crippen molar-refractivity contribution >= 4 is 22.0 Å². The van der Waals surface area contributed by atoms with Crippen LogP contribution in [-0.4, -0.2) is 54.6 Å². The number of urea groups is 1. The lowest BCUT2D eigenvalue weighted by molar-refractivity contribution is 0.117. The molecule has 1 N–H and O–H groups in total. The number of benzene rings is 1. The van der Waals surface area contributed by atoms with Gasteiger partial charge in [-0.3, -0.25) is 4.90 Å². The molecule has 0 bridgehead atoms. The van der Waals surface area contributed by atoms with Crippen molar-refractivity contribution in [2.75, 3.05) is 32.7 Å². The van der Waals surface area contributed by atoms with Gasteiger partial charge in [0.15, 0.2) is 0 Å². The topological polar surface area (TPSA) is 35.6 Å². The average Bonchev–Trinajstić information content (AvgIpc) is 2.80. The zero-order chi connectivity index (χ0) is 14.1. The van der Waals surface area contributed by atoms with E-state index in [4.69, 9.17) is 0 Å². The first-order valence-corrected chi connectivity index (χ1v) is 7.95. The minimum absolute atomic E-state index is 0.106. The van der Waals surface area contributed by atoms with Crippen LogP contribution in [0.3, 0.4) is 0 Å². The molecule has 0 radical (unpaired) electrons. The maximum atomic E-state index is 11.6. The first kappa shape index (κ1) is 13.9. The number of rotatable bonds is 3. The van der Waals surface area contributed by atoms with Crippen molar-refractivity contribution < 1.29 is 4.79 Å². The Kier molecular flexibility index (Phi) is 3.98. The van der Waals surface area contributed by atoms with Gasteiger partial charge >= 0.3 is 6.03 Å². The van der Waals surface area contributed by atoms with Crippen LogP contribution in [0, 0.1) is 0 Å². The van der Waals surface area contributed by atoms with Gasteiger partial charge in [0.25, 0.3) is 0 Å². The summed E-state index contributed by atoms with van der Waals surface area (Å²) >= 11 is 3.53. The normalized spacial score (nSPS) is 24.4. The quantitative estimate of drug-likeness (QED) is 0.918. The van der Waals surface area contributed by atoms with Crippen LogP contribution in [0.5, 0.6) is 0 Å². The minimum atomic E-state index is 0.106. The summed E-state index contributed by atoms with van der Waals surface area (Å²) in [7, 11) is 0.